The number of fused-ring (bicyclic) bond motifs is 2. The molecule has 2 atom stereocenters. The maximum atomic E-state index is 13.9. The van der Waals surface area contributed by atoms with Gasteiger partial charge in [0.2, 0.25) is 17.7 Å². The number of ether oxygens (including phenoxy) is 1. The van der Waals surface area contributed by atoms with Crippen LogP contribution in [0.1, 0.15) is 80.9 Å². The number of amides is 5. The maximum Gasteiger partial charge on any atom is 0.262 e. The minimum atomic E-state index is -1.000. The van der Waals surface area contributed by atoms with Crippen molar-refractivity contribution in [2.24, 2.45) is 0 Å². The van der Waals surface area contributed by atoms with Crippen molar-refractivity contribution in [2.45, 2.75) is 57.0 Å². The van der Waals surface area contributed by atoms with Crippen LogP contribution in [0.3, 0.4) is 0 Å². The number of nitrogens with zero attached hydrogens (tertiary/aromatic N) is 6. The zero-order valence-corrected chi connectivity index (χ0v) is 34.7. The van der Waals surface area contributed by atoms with Crippen LogP contribution in [0.2, 0.25) is 5.02 Å². The number of piperazine rings is 1. The molecule has 318 valence electrons. The molecule has 3 saturated heterocycles. The Hall–Kier alpha value is -6.45. The smallest absolute Gasteiger partial charge is 0.262 e. The first kappa shape index (κ1) is 40.9. The number of carbonyl (C=O) groups excluding carboxylic acids is 6. The van der Waals surface area contributed by atoms with E-state index in [9.17, 15) is 28.8 Å². The van der Waals surface area contributed by atoms with Crippen molar-refractivity contribution in [1.29, 1.82) is 0 Å². The summed E-state index contributed by atoms with van der Waals surface area (Å²) in [6, 6.07) is 18.5. The van der Waals surface area contributed by atoms with Gasteiger partial charge in [-0.05, 0) is 74.7 Å². The molecule has 4 aliphatic heterocycles. The molecule has 3 fully saturated rings. The molecule has 62 heavy (non-hydrogen) atoms. The third kappa shape index (κ3) is 8.29. The second-order valence-corrected chi connectivity index (χ2v) is 16.6. The number of anilines is 2. The van der Waals surface area contributed by atoms with E-state index in [-0.39, 0.29) is 46.7 Å². The lowest BCUT2D eigenvalue weighted by atomic mass is 9.98. The molecule has 0 radical (unpaired) electrons. The van der Waals surface area contributed by atoms with E-state index in [1.165, 1.54) is 6.33 Å². The van der Waals surface area contributed by atoms with Crippen molar-refractivity contribution < 1.29 is 33.5 Å². The number of para-hydroxylation sites is 1. The van der Waals surface area contributed by atoms with Crippen LogP contribution >= 0.6 is 11.6 Å². The van der Waals surface area contributed by atoms with Crippen molar-refractivity contribution >= 4 is 64.0 Å². The molecule has 1 aliphatic carbocycles. The Balaban J connectivity index is 0.752. The van der Waals surface area contributed by atoms with Gasteiger partial charge in [-0.1, -0.05) is 35.9 Å². The summed E-state index contributed by atoms with van der Waals surface area (Å²) >= 11 is 6.65. The van der Waals surface area contributed by atoms with Crippen LogP contribution in [0.15, 0.2) is 79.1 Å². The van der Waals surface area contributed by atoms with Crippen LogP contribution in [-0.2, 0) is 20.8 Å². The van der Waals surface area contributed by atoms with E-state index in [0.717, 1.165) is 55.2 Å². The maximum absolute atomic E-state index is 13.9. The van der Waals surface area contributed by atoms with Crippen molar-refractivity contribution in [3.05, 3.63) is 112 Å². The number of likely N-dealkylation sites (tertiary alicyclic amines) is 1. The summed E-state index contributed by atoms with van der Waals surface area (Å²) in [4.78, 5) is 94.4. The molecule has 0 spiro atoms. The number of benzene rings is 3. The molecule has 5 heterocycles. The van der Waals surface area contributed by atoms with Crippen LogP contribution < -0.4 is 20.3 Å². The Bertz CT molecular complexity index is 2510. The van der Waals surface area contributed by atoms with Crippen LogP contribution in [0, 0.1) is 0 Å². The molecule has 1 aromatic heterocycles. The van der Waals surface area contributed by atoms with E-state index < -0.39 is 29.7 Å². The first-order valence-corrected chi connectivity index (χ1v) is 21.5. The Morgan fingerprint density at radius 3 is 2.47 bits per heavy atom. The minimum Gasteiger partial charge on any atom is -0.457 e. The molecule has 0 unspecified atom stereocenters. The third-order valence-electron chi connectivity index (χ3n) is 12.2. The number of piperidine rings is 2. The van der Waals surface area contributed by atoms with Gasteiger partial charge in [-0.2, -0.15) is 0 Å². The number of hydrogen-bond donors (Lipinski definition) is 2. The van der Waals surface area contributed by atoms with E-state index in [1.54, 1.807) is 30.3 Å². The predicted molar refractivity (Wildman–Crippen MR) is 230 cm³/mol. The van der Waals surface area contributed by atoms with E-state index in [4.69, 9.17) is 16.3 Å². The van der Waals surface area contributed by atoms with Gasteiger partial charge in [-0.25, -0.2) is 9.97 Å². The number of ketones is 1. The Kier molecular flexibility index (Phi) is 11.6. The SMILES string of the molecule is O=C1CC[C@H](N2C(=O)c3ccc(N4CCN(CCCC(=O)N5CCC[C@@H](Nc6ncnc7c6C(C(=O)c6ccc(Oc8ccccc8)cc6Cl)=CC7)C5)CC4)cc3C2=O)C(=O)N1. The second-order valence-electron chi connectivity index (χ2n) is 16.2. The number of rotatable bonds is 12. The summed E-state index contributed by atoms with van der Waals surface area (Å²) < 4.78 is 5.90. The number of Topliss-reactive ketones (excluding diaryl/α,β-unsaturated/α-hetero) is 1. The Labute approximate surface area is 363 Å². The molecule has 3 aromatic carbocycles. The number of hydrogen-bond acceptors (Lipinski definition) is 12. The summed E-state index contributed by atoms with van der Waals surface area (Å²) in [6.45, 7) is 4.96. The van der Waals surface area contributed by atoms with Crippen molar-refractivity contribution in [3.8, 4) is 11.5 Å². The zero-order valence-electron chi connectivity index (χ0n) is 34.0. The fourth-order valence-electron chi connectivity index (χ4n) is 9.00. The lowest BCUT2D eigenvalue weighted by Crippen LogP contribution is -2.54. The molecule has 5 amide bonds. The fraction of sp³-hybridized carbons (Fsp3) is 0.348. The number of carbonyl (C=O) groups is 6. The summed E-state index contributed by atoms with van der Waals surface area (Å²) in [6.07, 6.45) is 6.89. The van der Waals surface area contributed by atoms with Crippen molar-refractivity contribution in [3.63, 3.8) is 0 Å². The van der Waals surface area contributed by atoms with Gasteiger partial charge in [0.15, 0.2) is 5.78 Å². The van der Waals surface area contributed by atoms with Gasteiger partial charge in [0.05, 0.1) is 21.8 Å². The molecule has 4 aromatic rings. The zero-order chi connectivity index (χ0) is 42.9. The second kappa shape index (κ2) is 17.5. The van der Waals surface area contributed by atoms with Crippen molar-refractivity contribution in [2.75, 3.05) is 56.0 Å². The number of imide groups is 2. The largest absolute Gasteiger partial charge is 0.457 e. The monoisotopic (exact) mass is 856 g/mol. The summed E-state index contributed by atoms with van der Waals surface area (Å²) in [5.74, 6) is -0.433. The van der Waals surface area contributed by atoms with E-state index >= 15 is 0 Å². The topological polar surface area (TPSA) is 174 Å². The standard InChI is InChI=1S/C46H45ClN8O7/c47-36-25-31(62-30-7-2-1-3-8-30)11-13-33(36)42(58)34-14-15-37-41(34)43(49-27-48-37)50-28-6-4-19-54(26-28)40(57)9-5-18-52-20-22-53(23-21-52)29-10-12-32-35(24-29)46(61)55(45(32)60)38-16-17-39(56)51-44(38)59/h1-3,7-8,10-14,24-25,27-28,38H,4-6,9,15-23,26H2,(H,48,49,50)(H,51,56,59)/t28-,38+/m1/s1. The molecule has 0 bridgehead atoms. The first-order valence-electron chi connectivity index (χ1n) is 21.1. The number of allylic oxidation sites excluding steroid dienone is 2. The predicted octanol–water partition coefficient (Wildman–Crippen LogP) is 5.15. The number of nitrogens with one attached hydrogen (secondary N) is 2. The highest BCUT2D eigenvalue weighted by Crippen LogP contribution is 2.37. The van der Waals surface area contributed by atoms with Crippen LogP contribution in [0.4, 0.5) is 11.5 Å². The van der Waals surface area contributed by atoms with Gasteiger partial charge in [0, 0.05) is 93.0 Å². The lowest BCUT2D eigenvalue weighted by molar-refractivity contribution is -0.136. The molecule has 16 heteroatoms. The fourth-order valence-corrected chi connectivity index (χ4v) is 9.26. The molecule has 0 saturated carbocycles. The highest BCUT2D eigenvalue weighted by Gasteiger charge is 2.45. The molecule has 9 rings (SSSR count). The molecular weight excluding hydrogens is 812 g/mol. The Morgan fingerprint density at radius 2 is 1.68 bits per heavy atom. The summed E-state index contributed by atoms with van der Waals surface area (Å²) in [5.41, 5.74) is 3.62. The molecule has 5 aliphatic rings. The highest BCUT2D eigenvalue weighted by molar-refractivity contribution is 6.39. The lowest BCUT2D eigenvalue weighted by Gasteiger charge is -2.36. The van der Waals surface area contributed by atoms with E-state index in [1.807, 2.05) is 47.4 Å². The van der Waals surface area contributed by atoms with Gasteiger partial charge < -0.3 is 19.9 Å². The van der Waals surface area contributed by atoms with Gasteiger partial charge in [-0.15, -0.1) is 0 Å². The minimum absolute atomic E-state index is 0.0529. The molecule has 15 nitrogen and oxygen atoms in total. The number of aromatic nitrogens is 2. The van der Waals surface area contributed by atoms with Gasteiger partial charge in [0.25, 0.3) is 11.8 Å². The van der Waals surface area contributed by atoms with Gasteiger partial charge in [0.1, 0.15) is 29.7 Å². The molecule has 2 N–H and O–H groups in total. The van der Waals surface area contributed by atoms with Crippen LogP contribution in [-0.4, -0.2) is 118 Å². The number of halogens is 1. The highest BCUT2D eigenvalue weighted by atomic mass is 35.5. The quantitative estimate of drug-likeness (QED) is 0.142. The molecular formula is C46H45ClN8O7. The normalized spacial score (nSPS) is 20.1. The summed E-state index contributed by atoms with van der Waals surface area (Å²) in [5, 5.41) is 6.06. The average Bonchev–Trinajstić information content (AvgIpc) is 3.82. The summed E-state index contributed by atoms with van der Waals surface area (Å²) in [7, 11) is 0. The third-order valence-corrected chi connectivity index (χ3v) is 12.6. The van der Waals surface area contributed by atoms with E-state index in [0.29, 0.717) is 73.0 Å². The van der Waals surface area contributed by atoms with Gasteiger partial charge in [-0.3, -0.25) is 43.9 Å². The first-order chi connectivity index (χ1) is 30.1. The Morgan fingerprint density at radius 1 is 0.871 bits per heavy atom. The van der Waals surface area contributed by atoms with Crippen LogP contribution in [0.5, 0.6) is 11.5 Å². The van der Waals surface area contributed by atoms with Gasteiger partial charge >= 0.3 is 0 Å². The average molecular weight is 857 g/mol. The van der Waals surface area contributed by atoms with Crippen molar-refractivity contribution in [1.82, 2.24) is 30.0 Å². The van der Waals surface area contributed by atoms with Crippen LogP contribution in [0.25, 0.3) is 5.57 Å². The van der Waals surface area contributed by atoms with E-state index in [2.05, 4.69) is 30.4 Å².